The quantitative estimate of drug-likeness (QED) is 0.838. The zero-order valence-electron chi connectivity index (χ0n) is 9.97. The highest BCUT2D eigenvalue weighted by molar-refractivity contribution is 5.95. The van der Waals surface area contributed by atoms with Crippen LogP contribution in [0.25, 0.3) is 0 Å². The summed E-state index contributed by atoms with van der Waals surface area (Å²) in [6, 6.07) is 3.55. The van der Waals surface area contributed by atoms with Crippen LogP contribution in [0.4, 0.5) is 13.2 Å². The first-order chi connectivity index (χ1) is 8.99. The van der Waals surface area contributed by atoms with Crippen molar-refractivity contribution in [1.82, 2.24) is 5.32 Å². The molecule has 0 heterocycles. The fourth-order valence-electron chi connectivity index (χ4n) is 2.23. The third-order valence-corrected chi connectivity index (χ3v) is 3.30. The average Bonchev–Trinajstić information content (AvgIpc) is 2.85. The van der Waals surface area contributed by atoms with Gasteiger partial charge in [-0.25, -0.2) is 13.2 Å². The molecule has 0 unspecified atom stereocenters. The summed E-state index contributed by atoms with van der Waals surface area (Å²) in [5, 5.41) is 11.5. The van der Waals surface area contributed by atoms with Crippen LogP contribution in [0, 0.1) is 28.8 Å². The van der Waals surface area contributed by atoms with Gasteiger partial charge in [0.1, 0.15) is 5.54 Å². The predicted octanol–water partition coefficient (Wildman–Crippen LogP) is 2.67. The molecular formula is C13H11F3N2O. The molecule has 2 rings (SSSR count). The lowest BCUT2D eigenvalue weighted by Gasteiger charge is -2.22. The second-order valence-corrected chi connectivity index (χ2v) is 4.58. The first-order valence-electron chi connectivity index (χ1n) is 5.86. The van der Waals surface area contributed by atoms with E-state index in [2.05, 4.69) is 5.32 Å². The van der Waals surface area contributed by atoms with Crippen molar-refractivity contribution in [2.75, 3.05) is 0 Å². The van der Waals surface area contributed by atoms with Gasteiger partial charge in [0.15, 0.2) is 17.5 Å². The number of benzene rings is 1. The maximum atomic E-state index is 13.5. The first-order valence-corrected chi connectivity index (χ1v) is 5.86. The Morgan fingerprint density at radius 3 is 2.42 bits per heavy atom. The van der Waals surface area contributed by atoms with Crippen LogP contribution in [-0.4, -0.2) is 11.4 Å². The number of carbonyl (C=O) groups excluding carboxylic acids is 1. The van der Waals surface area contributed by atoms with Gasteiger partial charge in [-0.15, -0.1) is 0 Å². The summed E-state index contributed by atoms with van der Waals surface area (Å²) < 4.78 is 39.3. The van der Waals surface area contributed by atoms with Gasteiger partial charge in [-0.1, -0.05) is 0 Å². The van der Waals surface area contributed by atoms with Gasteiger partial charge in [0, 0.05) is 0 Å². The van der Waals surface area contributed by atoms with E-state index >= 15 is 0 Å². The van der Waals surface area contributed by atoms with E-state index in [1.165, 1.54) is 0 Å². The molecule has 1 fully saturated rings. The van der Waals surface area contributed by atoms with Crippen LogP contribution in [0.2, 0.25) is 0 Å². The van der Waals surface area contributed by atoms with Gasteiger partial charge >= 0.3 is 0 Å². The van der Waals surface area contributed by atoms with Crippen LogP contribution in [0.15, 0.2) is 12.1 Å². The maximum Gasteiger partial charge on any atom is 0.255 e. The summed E-state index contributed by atoms with van der Waals surface area (Å²) in [6.07, 6.45) is 2.52. The molecule has 0 saturated heterocycles. The van der Waals surface area contributed by atoms with Gasteiger partial charge in [0.25, 0.3) is 5.91 Å². The molecule has 1 aromatic rings. The fraction of sp³-hybridized carbons (Fsp3) is 0.385. The zero-order valence-corrected chi connectivity index (χ0v) is 9.97. The Balaban J connectivity index is 2.26. The summed E-state index contributed by atoms with van der Waals surface area (Å²) in [4.78, 5) is 11.9. The summed E-state index contributed by atoms with van der Waals surface area (Å²) >= 11 is 0. The van der Waals surface area contributed by atoms with Crippen LogP contribution in [0.1, 0.15) is 36.0 Å². The summed E-state index contributed by atoms with van der Waals surface area (Å²) in [7, 11) is 0. The van der Waals surface area contributed by atoms with Gasteiger partial charge in [-0.3, -0.25) is 4.79 Å². The Hall–Kier alpha value is -2.03. The number of nitriles is 1. The van der Waals surface area contributed by atoms with Crippen LogP contribution in [0.5, 0.6) is 0 Å². The molecule has 1 N–H and O–H groups in total. The highest BCUT2D eigenvalue weighted by Gasteiger charge is 2.36. The van der Waals surface area contributed by atoms with Crippen molar-refractivity contribution in [3.05, 3.63) is 35.1 Å². The number of halogens is 3. The van der Waals surface area contributed by atoms with E-state index in [1.807, 2.05) is 6.07 Å². The van der Waals surface area contributed by atoms with Crippen molar-refractivity contribution in [3.63, 3.8) is 0 Å². The molecule has 0 aliphatic heterocycles. The van der Waals surface area contributed by atoms with Crippen molar-refractivity contribution < 1.29 is 18.0 Å². The monoisotopic (exact) mass is 268 g/mol. The molecule has 0 atom stereocenters. The molecule has 0 aromatic heterocycles. The molecule has 19 heavy (non-hydrogen) atoms. The van der Waals surface area contributed by atoms with E-state index in [-0.39, 0.29) is 0 Å². The Bertz CT molecular complexity index is 560. The molecule has 1 aromatic carbocycles. The average molecular weight is 268 g/mol. The summed E-state index contributed by atoms with van der Waals surface area (Å²) in [5.41, 5.74) is -1.63. The topological polar surface area (TPSA) is 52.9 Å². The third kappa shape index (κ3) is 2.41. The van der Waals surface area contributed by atoms with Crippen LogP contribution >= 0.6 is 0 Å². The summed E-state index contributed by atoms with van der Waals surface area (Å²) in [6.45, 7) is 0. The molecule has 1 saturated carbocycles. The van der Waals surface area contributed by atoms with E-state index in [1.54, 1.807) is 0 Å². The van der Waals surface area contributed by atoms with E-state index in [9.17, 15) is 18.0 Å². The highest BCUT2D eigenvalue weighted by atomic mass is 19.2. The first kappa shape index (κ1) is 13.4. The van der Waals surface area contributed by atoms with E-state index in [0.717, 1.165) is 18.9 Å². The van der Waals surface area contributed by atoms with E-state index < -0.39 is 34.5 Å². The number of nitrogens with one attached hydrogen (secondary N) is 1. The number of nitrogens with zero attached hydrogens (tertiary/aromatic N) is 1. The smallest absolute Gasteiger partial charge is 0.255 e. The number of amides is 1. The van der Waals surface area contributed by atoms with Crippen LogP contribution < -0.4 is 5.32 Å². The second kappa shape index (κ2) is 4.92. The molecule has 1 aliphatic carbocycles. The number of carbonyl (C=O) groups is 1. The van der Waals surface area contributed by atoms with Crippen LogP contribution in [-0.2, 0) is 0 Å². The van der Waals surface area contributed by atoms with Gasteiger partial charge in [0.2, 0.25) is 0 Å². The molecule has 0 bridgehead atoms. The Morgan fingerprint density at radius 1 is 1.21 bits per heavy atom. The van der Waals surface area contributed by atoms with Gasteiger partial charge in [0.05, 0.1) is 11.6 Å². The lowest BCUT2D eigenvalue weighted by Crippen LogP contribution is -2.45. The lowest BCUT2D eigenvalue weighted by atomic mass is 9.99. The molecule has 1 aliphatic rings. The number of hydrogen-bond acceptors (Lipinski definition) is 2. The predicted molar refractivity (Wildman–Crippen MR) is 60.6 cm³/mol. The molecule has 0 spiro atoms. The Labute approximate surface area is 108 Å². The normalized spacial score (nSPS) is 16.9. The Morgan fingerprint density at radius 2 is 1.84 bits per heavy atom. The second-order valence-electron chi connectivity index (χ2n) is 4.58. The standard InChI is InChI=1S/C13H11F3N2O/c14-9-4-3-8(10(15)11(9)16)12(19)18-13(7-17)5-1-2-6-13/h3-4H,1-2,5-6H2,(H,18,19). The van der Waals surface area contributed by atoms with Crippen molar-refractivity contribution >= 4 is 5.91 Å². The van der Waals surface area contributed by atoms with Crippen LogP contribution in [0.3, 0.4) is 0 Å². The molecule has 100 valence electrons. The minimum Gasteiger partial charge on any atom is -0.334 e. The molecule has 6 heteroatoms. The minimum absolute atomic E-state index is 0.473. The van der Waals surface area contributed by atoms with Gasteiger partial charge in [-0.05, 0) is 37.8 Å². The number of hydrogen-bond donors (Lipinski definition) is 1. The van der Waals surface area contributed by atoms with Gasteiger partial charge in [-0.2, -0.15) is 5.26 Å². The maximum absolute atomic E-state index is 13.5. The highest BCUT2D eigenvalue weighted by Crippen LogP contribution is 2.29. The Kier molecular flexibility index (Phi) is 3.47. The van der Waals surface area contributed by atoms with Crippen molar-refractivity contribution in [3.8, 4) is 6.07 Å². The molecule has 0 radical (unpaired) electrons. The van der Waals surface area contributed by atoms with Crippen molar-refractivity contribution in [2.24, 2.45) is 0 Å². The number of rotatable bonds is 2. The zero-order chi connectivity index (χ0) is 14.0. The van der Waals surface area contributed by atoms with E-state index in [4.69, 9.17) is 5.26 Å². The fourth-order valence-corrected chi connectivity index (χ4v) is 2.23. The van der Waals surface area contributed by atoms with E-state index in [0.29, 0.717) is 18.9 Å². The van der Waals surface area contributed by atoms with Crippen molar-refractivity contribution in [2.45, 2.75) is 31.2 Å². The molecular weight excluding hydrogens is 257 g/mol. The largest absolute Gasteiger partial charge is 0.334 e. The molecule has 3 nitrogen and oxygen atoms in total. The minimum atomic E-state index is -1.69. The lowest BCUT2D eigenvalue weighted by molar-refractivity contribution is 0.0915. The summed E-state index contributed by atoms with van der Waals surface area (Å²) in [5.74, 6) is -5.49. The SMILES string of the molecule is N#CC1(NC(=O)c2ccc(F)c(F)c2F)CCCC1. The third-order valence-electron chi connectivity index (χ3n) is 3.30. The van der Waals surface area contributed by atoms with Gasteiger partial charge < -0.3 is 5.32 Å². The van der Waals surface area contributed by atoms with Crippen molar-refractivity contribution in [1.29, 1.82) is 5.26 Å². The molecule has 1 amide bonds.